The van der Waals surface area contributed by atoms with Crippen molar-refractivity contribution >= 4 is 11.8 Å². The zero-order chi connectivity index (χ0) is 12.6. The van der Waals surface area contributed by atoms with Gasteiger partial charge in [0, 0.05) is 18.3 Å². The minimum atomic E-state index is -0.244. The third-order valence-corrected chi connectivity index (χ3v) is 4.22. The SMILES string of the molecule is O=C1CC2(CCCCc3ccccc32)CC(=O)N1. The lowest BCUT2D eigenvalue weighted by Gasteiger charge is -2.36. The Morgan fingerprint density at radius 2 is 1.72 bits per heavy atom. The predicted molar refractivity (Wildman–Crippen MR) is 68.1 cm³/mol. The molecule has 1 heterocycles. The van der Waals surface area contributed by atoms with Crippen LogP contribution in [0.2, 0.25) is 0 Å². The molecule has 18 heavy (non-hydrogen) atoms. The Bertz CT molecular complexity index is 491. The van der Waals surface area contributed by atoms with Crippen molar-refractivity contribution in [3.63, 3.8) is 0 Å². The van der Waals surface area contributed by atoms with Crippen molar-refractivity contribution in [3.05, 3.63) is 35.4 Å². The van der Waals surface area contributed by atoms with Crippen LogP contribution in [-0.2, 0) is 21.4 Å². The van der Waals surface area contributed by atoms with Crippen molar-refractivity contribution < 1.29 is 9.59 Å². The number of hydrogen-bond donors (Lipinski definition) is 1. The van der Waals surface area contributed by atoms with E-state index in [1.807, 2.05) is 12.1 Å². The van der Waals surface area contributed by atoms with Gasteiger partial charge in [0.05, 0.1) is 0 Å². The number of benzene rings is 1. The Morgan fingerprint density at radius 3 is 2.50 bits per heavy atom. The summed E-state index contributed by atoms with van der Waals surface area (Å²) in [5, 5.41) is 2.42. The molecule has 3 nitrogen and oxygen atoms in total. The van der Waals surface area contributed by atoms with E-state index in [1.165, 1.54) is 11.1 Å². The molecule has 1 N–H and O–H groups in total. The first-order valence-corrected chi connectivity index (χ1v) is 6.61. The second kappa shape index (κ2) is 4.23. The third-order valence-electron chi connectivity index (χ3n) is 4.22. The smallest absolute Gasteiger partial charge is 0.227 e. The van der Waals surface area contributed by atoms with Gasteiger partial charge in [0.1, 0.15) is 0 Å². The average Bonchev–Trinajstić information content (AvgIpc) is 2.49. The van der Waals surface area contributed by atoms with Gasteiger partial charge in [0.2, 0.25) is 11.8 Å². The fraction of sp³-hybridized carbons (Fsp3) is 0.467. The van der Waals surface area contributed by atoms with Crippen LogP contribution in [0.3, 0.4) is 0 Å². The maximum absolute atomic E-state index is 11.7. The van der Waals surface area contributed by atoms with Gasteiger partial charge in [0.15, 0.2) is 0 Å². The van der Waals surface area contributed by atoms with Crippen molar-refractivity contribution in [2.45, 2.75) is 43.9 Å². The first-order valence-electron chi connectivity index (χ1n) is 6.61. The summed E-state index contributed by atoms with van der Waals surface area (Å²) in [7, 11) is 0. The first kappa shape index (κ1) is 11.5. The summed E-state index contributed by atoms with van der Waals surface area (Å²) in [6.07, 6.45) is 5.16. The fourth-order valence-corrected chi connectivity index (χ4v) is 3.46. The molecule has 0 atom stereocenters. The number of rotatable bonds is 0. The molecule has 2 amide bonds. The standard InChI is InChI=1S/C15H17NO2/c17-13-9-15(10-14(18)16-13)8-4-3-6-11-5-1-2-7-12(11)15/h1-2,5,7H,3-4,6,8-10H2,(H,16,17,18). The number of carbonyl (C=O) groups is 2. The number of carbonyl (C=O) groups excluding carboxylic acids is 2. The largest absolute Gasteiger partial charge is 0.296 e. The molecule has 1 aliphatic heterocycles. The summed E-state index contributed by atoms with van der Waals surface area (Å²) in [5.41, 5.74) is 2.30. The van der Waals surface area contributed by atoms with Gasteiger partial charge in [-0.2, -0.15) is 0 Å². The van der Waals surface area contributed by atoms with E-state index in [0.717, 1.165) is 25.7 Å². The first-order chi connectivity index (χ1) is 8.70. The molecular weight excluding hydrogens is 226 g/mol. The van der Waals surface area contributed by atoms with Crippen LogP contribution in [-0.4, -0.2) is 11.8 Å². The van der Waals surface area contributed by atoms with Gasteiger partial charge >= 0.3 is 0 Å². The zero-order valence-corrected chi connectivity index (χ0v) is 10.4. The van der Waals surface area contributed by atoms with Gasteiger partial charge in [-0.1, -0.05) is 30.7 Å². The Balaban J connectivity index is 2.10. The summed E-state index contributed by atoms with van der Waals surface area (Å²) in [6.45, 7) is 0. The molecule has 1 aromatic rings. The molecule has 0 aromatic heterocycles. The molecule has 0 bridgehead atoms. The zero-order valence-electron chi connectivity index (χ0n) is 10.4. The van der Waals surface area contributed by atoms with Gasteiger partial charge in [-0.15, -0.1) is 0 Å². The van der Waals surface area contributed by atoms with Crippen LogP contribution in [0.5, 0.6) is 0 Å². The summed E-state index contributed by atoms with van der Waals surface area (Å²) < 4.78 is 0. The van der Waals surface area contributed by atoms with E-state index in [-0.39, 0.29) is 17.2 Å². The number of imide groups is 1. The lowest BCUT2D eigenvalue weighted by Crippen LogP contribution is -2.47. The lowest BCUT2D eigenvalue weighted by atomic mass is 9.69. The molecule has 2 aliphatic rings. The van der Waals surface area contributed by atoms with E-state index in [9.17, 15) is 9.59 Å². The second-order valence-electron chi connectivity index (χ2n) is 5.47. The maximum atomic E-state index is 11.7. The van der Waals surface area contributed by atoms with E-state index in [0.29, 0.717) is 12.8 Å². The molecule has 1 aromatic carbocycles. The Labute approximate surface area is 107 Å². The highest BCUT2D eigenvalue weighted by Crippen LogP contribution is 2.42. The van der Waals surface area contributed by atoms with Crippen molar-refractivity contribution in [2.75, 3.05) is 0 Å². The monoisotopic (exact) mass is 243 g/mol. The number of nitrogens with one attached hydrogen (secondary N) is 1. The molecular formula is C15H17NO2. The fourth-order valence-electron chi connectivity index (χ4n) is 3.46. The summed E-state index contributed by atoms with van der Waals surface area (Å²) in [4.78, 5) is 23.5. The molecule has 1 aliphatic carbocycles. The molecule has 3 heteroatoms. The van der Waals surface area contributed by atoms with Crippen molar-refractivity contribution in [1.82, 2.24) is 5.32 Å². The van der Waals surface area contributed by atoms with Crippen LogP contribution in [0, 0.1) is 0 Å². The van der Waals surface area contributed by atoms with Crippen molar-refractivity contribution in [3.8, 4) is 0 Å². The van der Waals surface area contributed by atoms with E-state index in [1.54, 1.807) is 0 Å². The van der Waals surface area contributed by atoms with Gasteiger partial charge in [-0.05, 0) is 30.4 Å². The van der Waals surface area contributed by atoms with Crippen LogP contribution in [0.1, 0.15) is 43.2 Å². The molecule has 1 fully saturated rings. The van der Waals surface area contributed by atoms with Crippen molar-refractivity contribution in [1.29, 1.82) is 0 Å². The molecule has 94 valence electrons. The van der Waals surface area contributed by atoms with Gasteiger partial charge < -0.3 is 0 Å². The molecule has 3 rings (SSSR count). The highest BCUT2D eigenvalue weighted by Gasteiger charge is 2.42. The minimum Gasteiger partial charge on any atom is -0.296 e. The second-order valence-corrected chi connectivity index (χ2v) is 5.47. The van der Waals surface area contributed by atoms with Gasteiger partial charge in [-0.25, -0.2) is 0 Å². The molecule has 1 spiro atoms. The van der Waals surface area contributed by atoms with Crippen LogP contribution in [0.4, 0.5) is 0 Å². The van der Waals surface area contributed by atoms with Gasteiger partial charge in [-0.3, -0.25) is 14.9 Å². The Morgan fingerprint density at radius 1 is 1.00 bits per heavy atom. The maximum Gasteiger partial charge on any atom is 0.227 e. The number of hydrogen-bond acceptors (Lipinski definition) is 2. The topological polar surface area (TPSA) is 46.2 Å². The van der Waals surface area contributed by atoms with Crippen LogP contribution in [0.25, 0.3) is 0 Å². The normalized spacial score (nSPS) is 22.2. The quantitative estimate of drug-likeness (QED) is 0.709. The van der Waals surface area contributed by atoms with Crippen molar-refractivity contribution in [2.24, 2.45) is 0 Å². The Kier molecular flexibility index (Phi) is 2.69. The van der Waals surface area contributed by atoms with Gasteiger partial charge in [0.25, 0.3) is 0 Å². The van der Waals surface area contributed by atoms with E-state index >= 15 is 0 Å². The average molecular weight is 243 g/mol. The van der Waals surface area contributed by atoms with E-state index in [4.69, 9.17) is 0 Å². The Hall–Kier alpha value is -1.64. The predicted octanol–water partition coefficient (Wildman–Crippen LogP) is 2.09. The molecule has 0 saturated carbocycles. The summed E-state index contributed by atoms with van der Waals surface area (Å²) in [6, 6.07) is 8.30. The van der Waals surface area contributed by atoms with Crippen LogP contribution in [0.15, 0.2) is 24.3 Å². The summed E-state index contributed by atoms with van der Waals surface area (Å²) in [5.74, 6) is -0.245. The molecule has 0 unspecified atom stereocenters. The number of aryl methyl sites for hydroxylation is 1. The third kappa shape index (κ3) is 1.84. The highest BCUT2D eigenvalue weighted by molar-refractivity contribution is 5.99. The van der Waals surface area contributed by atoms with E-state index in [2.05, 4.69) is 17.4 Å². The lowest BCUT2D eigenvalue weighted by molar-refractivity contribution is -0.135. The summed E-state index contributed by atoms with van der Waals surface area (Å²) >= 11 is 0. The minimum absolute atomic E-state index is 0.122. The molecule has 0 radical (unpaired) electrons. The van der Waals surface area contributed by atoms with E-state index < -0.39 is 0 Å². The number of fused-ring (bicyclic) bond motifs is 2. The highest BCUT2D eigenvalue weighted by atomic mass is 16.2. The van der Waals surface area contributed by atoms with Crippen LogP contribution >= 0.6 is 0 Å². The number of piperidine rings is 1. The molecule has 1 saturated heterocycles. The number of amides is 2. The van der Waals surface area contributed by atoms with Crippen LogP contribution < -0.4 is 5.32 Å².